The number of rotatable bonds is 10. The number of imide groups is 1. The largest absolute Gasteiger partial charge is 0.492 e. The molecule has 3 aromatic rings. The predicted octanol–water partition coefficient (Wildman–Crippen LogP) is 4.80. The van der Waals surface area contributed by atoms with Gasteiger partial charge in [-0.25, -0.2) is 9.97 Å². The van der Waals surface area contributed by atoms with Crippen molar-refractivity contribution in [3.63, 3.8) is 0 Å². The lowest BCUT2D eigenvalue weighted by molar-refractivity contribution is -0.118. The molecule has 1 unspecified atom stereocenters. The van der Waals surface area contributed by atoms with E-state index in [0.717, 1.165) is 34.6 Å². The summed E-state index contributed by atoms with van der Waals surface area (Å²) in [5.74, 6) is 2.91. The van der Waals surface area contributed by atoms with Gasteiger partial charge >= 0.3 is 0 Å². The van der Waals surface area contributed by atoms with Crippen LogP contribution in [-0.4, -0.2) is 46.6 Å². The molecule has 1 atom stereocenters. The lowest BCUT2D eigenvalue weighted by atomic mass is 10.0. The van der Waals surface area contributed by atoms with Gasteiger partial charge < -0.3 is 14.4 Å². The SMILES string of the molecule is CC(C)c1ccc(Oc2cc(N(C)CCOc3ccc(CC4SC(=O)NC4=O)cc3)ncn2)cc1. The molecule has 0 aliphatic carbocycles. The van der Waals surface area contributed by atoms with Crippen LogP contribution >= 0.6 is 11.8 Å². The maximum Gasteiger partial charge on any atom is 0.286 e. The Morgan fingerprint density at radius 3 is 2.40 bits per heavy atom. The molecule has 1 aliphatic rings. The van der Waals surface area contributed by atoms with Gasteiger partial charge in [0.15, 0.2) is 0 Å². The van der Waals surface area contributed by atoms with E-state index in [2.05, 4.69) is 41.3 Å². The van der Waals surface area contributed by atoms with Gasteiger partial charge in [-0.2, -0.15) is 0 Å². The average molecular weight is 493 g/mol. The van der Waals surface area contributed by atoms with Crippen molar-refractivity contribution in [3.8, 4) is 17.4 Å². The van der Waals surface area contributed by atoms with Crippen LogP contribution in [-0.2, 0) is 11.2 Å². The van der Waals surface area contributed by atoms with Gasteiger partial charge in [0.1, 0.15) is 30.3 Å². The molecular formula is C26H28N4O4S. The van der Waals surface area contributed by atoms with Crippen molar-refractivity contribution in [2.24, 2.45) is 0 Å². The molecule has 2 amide bonds. The Morgan fingerprint density at radius 2 is 1.74 bits per heavy atom. The first-order valence-corrected chi connectivity index (χ1v) is 12.3. The summed E-state index contributed by atoms with van der Waals surface area (Å²) < 4.78 is 11.8. The zero-order valence-corrected chi connectivity index (χ0v) is 20.7. The van der Waals surface area contributed by atoms with Crippen LogP contribution in [0.15, 0.2) is 60.9 Å². The fraction of sp³-hybridized carbons (Fsp3) is 0.308. The van der Waals surface area contributed by atoms with Crippen LogP contribution < -0.4 is 19.7 Å². The Hall–Kier alpha value is -3.59. The molecule has 2 heterocycles. The van der Waals surface area contributed by atoms with Gasteiger partial charge in [0.2, 0.25) is 11.8 Å². The maximum absolute atomic E-state index is 11.7. The zero-order chi connectivity index (χ0) is 24.8. The number of ether oxygens (including phenoxy) is 2. The van der Waals surface area contributed by atoms with E-state index in [1.165, 1.54) is 11.9 Å². The Morgan fingerprint density at radius 1 is 1.03 bits per heavy atom. The van der Waals surface area contributed by atoms with Crippen molar-refractivity contribution >= 4 is 28.7 Å². The molecular weight excluding hydrogens is 464 g/mol. The minimum atomic E-state index is -0.371. The molecule has 1 aliphatic heterocycles. The minimum Gasteiger partial charge on any atom is -0.492 e. The van der Waals surface area contributed by atoms with Crippen molar-refractivity contribution in [2.75, 3.05) is 25.1 Å². The third kappa shape index (κ3) is 6.73. The Labute approximate surface area is 209 Å². The molecule has 0 spiro atoms. The number of nitrogens with one attached hydrogen (secondary N) is 1. The molecule has 1 fully saturated rings. The van der Waals surface area contributed by atoms with Crippen molar-refractivity contribution in [3.05, 3.63) is 72.1 Å². The second-order valence-electron chi connectivity index (χ2n) is 8.54. The molecule has 1 N–H and O–H groups in total. The van der Waals surface area contributed by atoms with Gasteiger partial charge in [0.25, 0.3) is 5.24 Å². The van der Waals surface area contributed by atoms with Crippen LogP contribution in [0.4, 0.5) is 10.6 Å². The van der Waals surface area contributed by atoms with E-state index in [4.69, 9.17) is 9.47 Å². The van der Waals surface area contributed by atoms with E-state index in [0.29, 0.717) is 31.4 Å². The molecule has 182 valence electrons. The monoisotopic (exact) mass is 492 g/mol. The number of carbonyl (C=O) groups excluding carboxylic acids is 2. The number of hydrogen-bond donors (Lipinski definition) is 1. The summed E-state index contributed by atoms with van der Waals surface area (Å²) in [6.45, 7) is 5.39. The van der Waals surface area contributed by atoms with Crippen LogP contribution in [0.25, 0.3) is 0 Å². The van der Waals surface area contributed by atoms with Crippen molar-refractivity contribution in [1.29, 1.82) is 0 Å². The Balaban J connectivity index is 1.26. The molecule has 8 nitrogen and oxygen atoms in total. The van der Waals surface area contributed by atoms with E-state index in [1.54, 1.807) is 6.07 Å². The van der Waals surface area contributed by atoms with Crippen LogP contribution in [0, 0.1) is 0 Å². The zero-order valence-electron chi connectivity index (χ0n) is 19.9. The highest BCUT2D eigenvalue weighted by atomic mass is 32.2. The highest BCUT2D eigenvalue weighted by molar-refractivity contribution is 8.15. The summed E-state index contributed by atoms with van der Waals surface area (Å²) in [4.78, 5) is 33.6. The smallest absolute Gasteiger partial charge is 0.286 e. The summed E-state index contributed by atoms with van der Waals surface area (Å²) >= 11 is 1.03. The third-order valence-electron chi connectivity index (χ3n) is 5.59. The lowest BCUT2D eigenvalue weighted by Gasteiger charge is -2.19. The number of thioether (sulfide) groups is 1. The standard InChI is InChI=1S/C26H28N4O4S/c1-17(2)19-6-10-21(11-7-19)34-24-15-23(27-16-28-24)30(3)12-13-33-20-8-4-18(5-9-20)14-22-25(31)29-26(32)35-22/h4-11,15-17,22H,12-14H2,1-3H3,(H,29,31,32). The number of amides is 2. The second kappa shape index (κ2) is 11.2. The van der Waals surface area contributed by atoms with Crippen molar-refractivity contribution < 1.29 is 19.1 Å². The van der Waals surface area contributed by atoms with E-state index < -0.39 is 0 Å². The summed E-state index contributed by atoms with van der Waals surface area (Å²) in [7, 11) is 1.93. The van der Waals surface area contributed by atoms with Gasteiger partial charge in [-0.05, 0) is 47.7 Å². The molecule has 35 heavy (non-hydrogen) atoms. The van der Waals surface area contributed by atoms with Crippen LogP contribution in [0.3, 0.4) is 0 Å². The summed E-state index contributed by atoms with van der Waals surface area (Å²) in [6.07, 6.45) is 1.99. The Kier molecular flexibility index (Phi) is 7.87. The molecule has 0 radical (unpaired) electrons. The lowest BCUT2D eigenvalue weighted by Crippen LogP contribution is -2.25. The first-order chi connectivity index (χ1) is 16.9. The molecule has 1 aromatic heterocycles. The van der Waals surface area contributed by atoms with Gasteiger partial charge in [0, 0.05) is 13.1 Å². The quantitative estimate of drug-likeness (QED) is 0.431. The highest BCUT2D eigenvalue weighted by Gasteiger charge is 2.31. The number of hydrogen-bond acceptors (Lipinski definition) is 8. The van der Waals surface area contributed by atoms with Crippen LogP contribution in [0.2, 0.25) is 0 Å². The van der Waals surface area contributed by atoms with Crippen LogP contribution in [0.5, 0.6) is 17.4 Å². The number of nitrogens with zero attached hydrogens (tertiary/aromatic N) is 3. The first-order valence-electron chi connectivity index (χ1n) is 11.4. The summed E-state index contributed by atoms with van der Waals surface area (Å²) in [5.41, 5.74) is 2.23. The summed E-state index contributed by atoms with van der Waals surface area (Å²) in [5, 5.41) is 1.65. The second-order valence-corrected chi connectivity index (χ2v) is 9.72. The van der Waals surface area contributed by atoms with E-state index in [-0.39, 0.29) is 16.4 Å². The average Bonchev–Trinajstić information content (AvgIpc) is 3.17. The molecule has 0 saturated carbocycles. The third-order valence-corrected chi connectivity index (χ3v) is 6.58. The van der Waals surface area contributed by atoms with Crippen molar-refractivity contribution in [2.45, 2.75) is 31.4 Å². The molecule has 4 rings (SSSR count). The summed E-state index contributed by atoms with van der Waals surface area (Å²) in [6, 6.07) is 17.4. The van der Waals surface area contributed by atoms with Gasteiger partial charge in [0.05, 0.1) is 11.8 Å². The van der Waals surface area contributed by atoms with E-state index >= 15 is 0 Å². The van der Waals surface area contributed by atoms with E-state index in [1.807, 2.05) is 48.3 Å². The van der Waals surface area contributed by atoms with E-state index in [9.17, 15) is 9.59 Å². The van der Waals surface area contributed by atoms with Crippen molar-refractivity contribution in [1.82, 2.24) is 15.3 Å². The Bertz CT molecular complexity index is 1170. The first kappa shape index (κ1) is 24.5. The number of benzene rings is 2. The number of aromatic nitrogens is 2. The normalized spacial score (nSPS) is 15.3. The van der Waals surface area contributed by atoms with Crippen LogP contribution in [0.1, 0.15) is 30.9 Å². The number of carbonyl (C=O) groups is 2. The minimum absolute atomic E-state index is 0.231. The predicted molar refractivity (Wildman–Crippen MR) is 136 cm³/mol. The number of anilines is 1. The fourth-order valence-corrected chi connectivity index (χ4v) is 4.37. The van der Waals surface area contributed by atoms with Gasteiger partial charge in [-0.15, -0.1) is 0 Å². The number of likely N-dealkylation sites (N-methyl/N-ethyl adjacent to an activating group) is 1. The topological polar surface area (TPSA) is 93.7 Å². The molecule has 1 saturated heterocycles. The molecule has 2 aromatic carbocycles. The van der Waals surface area contributed by atoms with Gasteiger partial charge in [-0.3, -0.25) is 14.9 Å². The maximum atomic E-state index is 11.7. The highest BCUT2D eigenvalue weighted by Crippen LogP contribution is 2.25. The fourth-order valence-electron chi connectivity index (χ4n) is 3.51. The van der Waals surface area contributed by atoms with Gasteiger partial charge in [-0.1, -0.05) is 49.9 Å². The molecule has 9 heteroatoms. The molecule has 0 bridgehead atoms.